The molecule has 0 saturated carbocycles. The molecule has 0 amide bonds. The average Bonchev–Trinajstić information content (AvgIpc) is 3.00. The summed E-state index contributed by atoms with van der Waals surface area (Å²) in [5.74, 6) is 0. The van der Waals surface area contributed by atoms with Crippen LogP contribution in [0.3, 0.4) is 0 Å². The van der Waals surface area contributed by atoms with Gasteiger partial charge in [0.2, 0.25) is 0 Å². The van der Waals surface area contributed by atoms with E-state index in [1.54, 1.807) is 24.3 Å². The Balaban J connectivity index is 1.70. The number of ether oxygens (including phenoxy) is 1. The van der Waals surface area contributed by atoms with E-state index < -0.39 is 9.84 Å². The molecule has 2 heterocycles. The summed E-state index contributed by atoms with van der Waals surface area (Å²) in [5, 5.41) is -0.257. The van der Waals surface area contributed by atoms with E-state index >= 15 is 0 Å². The second-order valence-electron chi connectivity index (χ2n) is 5.61. The van der Waals surface area contributed by atoms with Gasteiger partial charge in [-0.3, -0.25) is 4.90 Å². The Morgan fingerprint density at radius 3 is 2.45 bits per heavy atom. The maximum atomic E-state index is 12.6. The van der Waals surface area contributed by atoms with Crippen LogP contribution in [0.5, 0.6) is 0 Å². The van der Waals surface area contributed by atoms with E-state index in [2.05, 4.69) is 4.90 Å². The highest BCUT2D eigenvalue weighted by Gasteiger charge is 2.36. The zero-order chi connectivity index (χ0) is 14.0. The van der Waals surface area contributed by atoms with Gasteiger partial charge in [-0.1, -0.05) is 18.2 Å². The van der Waals surface area contributed by atoms with E-state index in [0.29, 0.717) is 17.5 Å². The molecule has 0 bridgehead atoms. The van der Waals surface area contributed by atoms with Gasteiger partial charge in [0.05, 0.1) is 10.1 Å². The summed E-state index contributed by atoms with van der Waals surface area (Å²) >= 11 is 0. The maximum Gasteiger partial charge on any atom is 0.182 e. The quantitative estimate of drug-likeness (QED) is 0.852. The lowest BCUT2D eigenvalue weighted by Gasteiger charge is -2.30. The molecule has 0 N–H and O–H groups in total. The van der Waals surface area contributed by atoms with E-state index in [4.69, 9.17) is 4.74 Å². The van der Waals surface area contributed by atoms with Gasteiger partial charge in [-0.05, 0) is 37.9 Å². The molecular weight excluding hydrogens is 274 g/mol. The van der Waals surface area contributed by atoms with Crippen LogP contribution in [0.15, 0.2) is 35.2 Å². The number of likely N-dealkylation sites (tertiary alicyclic amines) is 1. The number of benzene rings is 1. The molecule has 3 rings (SSSR count). The van der Waals surface area contributed by atoms with E-state index in [0.717, 1.165) is 39.0 Å². The highest BCUT2D eigenvalue weighted by Crippen LogP contribution is 2.27. The van der Waals surface area contributed by atoms with Crippen molar-refractivity contribution in [2.45, 2.75) is 35.4 Å². The summed E-state index contributed by atoms with van der Waals surface area (Å²) in [4.78, 5) is 2.80. The molecule has 0 spiro atoms. The Morgan fingerprint density at radius 2 is 1.75 bits per heavy atom. The maximum absolute atomic E-state index is 12.6. The molecule has 4 nitrogen and oxygen atoms in total. The number of hydrogen-bond acceptors (Lipinski definition) is 4. The van der Waals surface area contributed by atoms with Crippen molar-refractivity contribution in [3.05, 3.63) is 30.3 Å². The van der Waals surface area contributed by atoms with Crippen LogP contribution >= 0.6 is 0 Å². The smallest absolute Gasteiger partial charge is 0.182 e. The molecule has 110 valence electrons. The molecule has 1 aromatic rings. The third-order valence-corrected chi connectivity index (χ3v) is 6.59. The summed E-state index contributed by atoms with van der Waals surface area (Å²) in [5.41, 5.74) is 0. The molecule has 2 fully saturated rings. The molecule has 5 heteroatoms. The van der Waals surface area contributed by atoms with E-state index in [1.165, 1.54) is 0 Å². The van der Waals surface area contributed by atoms with Crippen molar-refractivity contribution in [3.8, 4) is 0 Å². The van der Waals surface area contributed by atoms with Crippen LogP contribution < -0.4 is 0 Å². The SMILES string of the molecule is O=S(=O)(c1ccccc1)[C@H]1CCN(C2CCOCC2)C1. The molecule has 1 aromatic carbocycles. The fourth-order valence-corrected chi connectivity index (χ4v) is 4.92. The van der Waals surface area contributed by atoms with Gasteiger partial charge in [0, 0.05) is 25.8 Å². The highest BCUT2D eigenvalue weighted by atomic mass is 32.2. The fourth-order valence-electron chi connectivity index (χ4n) is 3.19. The molecule has 0 unspecified atom stereocenters. The summed E-state index contributed by atoms with van der Waals surface area (Å²) in [6, 6.07) is 9.33. The molecule has 20 heavy (non-hydrogen) atoms. The van der Waals surface area contributed by atoms with Crippen LogP contribution in [0.1, 0.15) is 19.3 Å². The van der Waals surface area contributed by atoms with E-state index in [1.807, 2.05) is 6.07 Å². The van der Waals surface area contributed by atoms with Gasteiger partial charge in [-0.25, -0.2) is 8.42 Å². The third kappa shape index (κ3) is 2.75. The standard InChI is InChI=1S/C15H21NO3S/c17-20(18,14-4-2-1-3-5-14)15-6-9-16(12-15)13-7-10-19-11-8-13/h1-5,13,15H,6-12H2/t15-/m0/s1. The van der Waals surface area contributed by atoms with Crippen LogP contribution in [0.4, 0.5) is 0 Å². The van der Waals surface area contributed by atoms with Crippen LogP contribution in [0, 0.1) is 0 Å². The summed E-state index contributed by atoms with van der Waals surface area (Å²) in [6.07, 6.45) is 2.80. The van der Waals surface area contributed by atoms with Crippen molar-refractivity contribution in [2.24, 2.45) is 0 Å². The first-order valence-electron chi connectivity index (χ1n) is 7.28. The predicted octanol–water partition coefficient (Wildman–Crippen LogP) is 1.71. The highest BCUT2D eigenvalue weighted by molar-refractivity contribution is 7.92. The lowest BCUT2D eigenvalue weighted by Crippen LogP contribution is -2.39. The van der Waals surface area contributed by atoms with Gasteiger partial charge in [0.15, 0.2) is 9.84 Å². The number of sulfone groups is 1. The molecule has 0 aromatic heterocycles. The Labute approximate surface area is 120 Å². The topological polar surface area (TPSA) is 46.6 Å². The predicted molar refractivity (Wildman–Crippen MR) is 77.4 cm³/mol. The van der Waals surface area contributed by atoms with Crippen molar-refractivity contribution < 1.29 is 13.2 Å². The fraction of sp³-hybridized carbons (Fsp3) is 0.600. The summed E-state index contributed by atoms with van der Waals surface area (Å²) < 4.78 is 30.6. The van der Waals surface area contributed by atoms with Crippen LogP contribution in [-0.4, -0.2) is 50.9 Å². The monoisotopic (exact) mass is 295 g/mol. The first-order chi connectivity index (χ1) is 9.68. The van der Waals surface area contributed by atoms with Crippen LogP contribution in [0.25, 0.3) is 0 Å². The van der Waals surface area contributed by atoms with Gasteiger partial charge in [0.1, 0.15) is 0 Å². The minimum absolute atomic E-state index is 0.257. The Hall–Kier alpha value is -0.910. The Kier molecular flexibility index (Phi) is 4.10. The zero-order valence-corrected chi connectivity index (χ0v) is 12.4. The second kappa shape index (κ2) is 5.84. The van der Waals surface area contributed by atoms with Gasteiger partial charge in [0.25, 0.3) is 0 Å². The average molecular weight is 295 g/mol. The van der Waals surface area contributed by atoms with Gasteiger partial charge < -0.3 is 4.74 Å². The lowest BCUT2D eigenvalue weighted by molar-refractivity contribution is 0.0425. The molecule has 0 radical (unpaired) electrons. The molecule has 2 aliphatic heterocycles. The number of rotatable bonds is 3. The van der Waals surface area contributed by atoms with Gasteiger partial charge >= 0.3 is 0 Å². The largest absolute Gasteiger partial charge is 0.381 e. The summed E-state index contributed by atoms with van der Waals surface area (Å²) in [6.45, 7) is 3.16. The van der Waals surface area contributed by atoms with Crippen LogP contribution in [-0.2, 0) is 14.6 Å². The first-order valence-corrected chi connectivity index (χ1v) is 8.83. The molecular formula is C15H21NO3S. The van der Waals surface area contributed by atoms with E-state index in [9.17, 15) is 8.42 Å². The van der Waals surface area contributed by atoms with Crippen molar-refractivity contribution in [1.82, 2.24) is 4.90 Å². The third-order valence-electron chi connectivity index (χ3n) is 4.39. The van der Waals surface area contributed by atoms with Gasteiger partial charge in [-0.15, -0.1) is 0 Å². The Bertz CT molecular complexity index is 537. The second-order valence-corrected chi connectivity index (χ2v) is 7.84. The molecule has 2 aliphatic rings. The number of hydrogen-bond donors (Lipinski definition) is 0. The zero-order valence-electron chi connectivity index (χ0n) is 11.6. The summed E-state index contributed by atoms with van der Waals surface area (Å²) in [7, 11) is -3.18. The Morgan fingerprint density at radius 1 is 1.05 bits per heavy atom. The van der Waals surface area contributed by atoms with E-state index in [-0.39, 0.29) is 5.25 Å². The molecule has 2 saturated heterocycles. The first kappa shape index (κ1) is 14.0. The normalized spacial score (nSPS) is 25.9. The van der Waals surface area contributed by atoms with Crippen molar-refractivity contribution >= 4 is 9.84 Å². The van der Waals surface area contributed by atoms with Gasteiger partial charge in [-0.2, -0.15) is 0 Å². The van der Waals surface area contributed by atoms with Crippen LogP contribution in [0.2, 0.25) is 0 Å². The van der Waals surface area contributed by atoms with Crippen molar-refractivity contribution in [1.29, 1.82) is 0 Å². The molecule has 1 atom stereocenters. The van der Waals surface area contributed by atoms with Crippen molar-refractivity contribution in [3.63, 3.8) is 0 Å². The molecule has 0 aliphatic carbocycles. The van der Waals surface area contributed by atoms with Crippen molar-refractivity contribution in [2.75, 3.05) is 26.3 Å². The lowest BCUT2D eigenvalue weighted by atomic mass is 10.1. The minimum Gasteiger partial charge on any atom is -0.381 e. The number of nitrogens with zero attached hydrogens (tertiary/aromatic N) is 1. The minimum atomic E-state index is -3.18.